The summed E-state index contributed by atoms with van der Waals surface area (Å²) in [6.07, 6.45) is 4.57. The van der Waals surface area contributed by atoms with Crippen LogP contribution in [0.5, 0.6) is 0 Å². The molecule has 3 heteroatoms. The summed E-state index contributed by atoms with van der Waals surface area (Å²) in [5.41, 5.74) is 0. The molecule has 2 rings (SSSR count). The highest BCUT2D eigenvalue weighted by Gasteiger charge is 2.37. The minimum absolute atomic E-state index is 0.101. The molecule has 0 bridgehead atoms. The zero-order valence-corrected chi connectivity index (χ0v) is 12.5. The fourth-order valence-electron chi connectivity index (χ4n) is 3.69. The summed E-state index contributed by atoms with van der Waals surface area (Å²) < 4.78 is 0. The quantitative estimate of drug-likeness (QED) is 0.816. The third kappa shape index (κ3) is 2.89. The maximum atomic E-state index is 10.3. The summed E-state index contributed by atoms with van der Waals surface area (Å²) in [5, 5.41) is 10.3. The summed E-state index contributed by atoms with van der Waals surface area (Å²) in [5.74, 6) is 0.823. The van der Waals surface area contributed by atoms with Gasteiger partial charge in [0.25, 0.3) is 0 Å². The van der Waals surface area contributed by atoms with E-state index in [2.05, 4.69) is 37.6 Å². The van der Waals surface area contributed by atoms with Crippen LogP contribution in [0.3, 0.4) is 0 Å². The van der Waals surface area contributed by atoms with Crippen LogP contribution in [0.15, 0.2) is 0 Å². The van der Waals surface area contributed by atoms with Crippen molar-refractivity contribution in [2.24, 2.45) is 5.92 Å². The smallest absolute Gasteiger partial charge is 0.0695 e. The maximum absolute atomic E-state index is 10.3. The Kier molecular flexibility index (Phi) is 4.68. The maximum Gasteiger partial charge on any atom is 0.0695 e. The Morgan fingerprint density at radius 3 is 2.28 bits per heavy atom. The van der Waals surface area contributed by atoms with Gasteiger partial charge in [-0.3, -0.25) is 9.80 Å². The van der Waals surface area contributed by atoms with Crippen LogP contribution in [0.2, 0.25) is 0 Å². The van der Waals surface area contributed by atoms with E-state index in [0.717, 1.165) is 25.4 Å². The predicted octanol–water partition coefficient (Wildman–Crippen LogP) is 1.95. The highest BCUT2D eigenvalue weighted by atomic mass is 16.3. The highest BCUT2D eigenvalue weighted by molar-refractivity contribution is 4.92. The second-order valence-electron chi connectivity index (χ2n) is 6.54. The topological polar surface area (TPSA) is 26.7 Å². The van der Waals surface area contributed by atoms with Gasteiger partial charge in [0.15, 0.2) is 0 Å². The van der Waals surface area contributed by atoms with Gasteiger partial charge in [-0.05, 0) is 46.1 Å². The normalized spacial score (nSPS) is 44.2. The predicted molar refractivity (Wildman–Crippen MR) is 75.7 cm³/mol. The molecule has 106 valence electrons. The molecule has 0 aromatic rings. The molecule has 18 heavy (non-hydrogen) atoms. The van der Waals surface area contributed by atoms with E-state index < -0.39 is 0 Å². The van der Waals surface area contributed by atoms with Gasteiger partial charge in [-0.25, -0.2) is 0 Å². The van der Waals surface area contributed by atoms with E-state index in [1.807, 2.05) is 0 Å². The molecule has 1 aliphatic heterocycles. The van der Waals surface area contributed by atoms with Gasteiger partial charge in [-0.2, -0.15) is 0 Å². The lowest BCUT2D eigenvalue weighted by Crippen LogP contribution is -2.60. The van der Waals surface area contributed by atoms with E-state index in [1.54, 1.807) is 0 Å². The summed E-state index contributed by atoms with van der Waals surface area (Å²) in [4.78, 5) is 5.02. The average Bonchev–Trinajstić information content (AvgIpc) is 2.36. The molecule has 0 amide bonds. The number of hydrogen-bond donors (Lipinski definition) is 1. The number of nitrogens with zero attached hydrogens (tertiary/aromatic N) is 2. The summed E-state index contributed by atoms with van der Waals surface area (Å²) in [6, 6.07) is 1.60. The van der Waals surface area contributed by atoms with Gasteiger partial charge in [0.2, 0.25) is 0 Å². The molecule has 3 nitrogen and oxygen atoms in total. The number of aliphatic hydroxyl groups excluding tert-OH is 1. The van der Waals surface area contributed by atoms with E-state index in [4.69, 9.17) is 0 Å². The molecule has 0 aromatic heterocycles. The first-order valence-corrected chi connectivity index (χ1v) is 7.67. The number of aliphatic hydroxyl groups is 1. The van der Waals surface area contributed by atoms with Crippen LogP contribution in [0.4, 0.5) is 0 Å². The van der Waals surface area contributed by atoms with Gasteiger partial charge in [-0.15, -0.1) is 0 Å². The molecule has 2 aliphatic rings. The molecule has 1 saturated heterocycles. The standard InChI is InChI=1S/C15H30N2O/c1-5-13-6-7-15(18)14(8-13)17-9-11(2)16(4)12(3)10-17/h11-15,18H,5-10H2,1-4H3. The van der Waals surface area contributed by atoms with E-state index in [0.29, 0.717) is 18.1 Å². The zero-order chi connectivity index (χ0) is 13.3. The highest BCUT2D eigenvalue weighted by Crippen LogP contribution is 2.31. The van der Waals surface area contributed by atoms with Gasteiger partial charge in [0, 0.05) is 31.2 Å². The van der Waals surface area contributed by atoms with Crippen molar-refractivity contribution in [3.05, 3.63) is 0 Å². The number of likely N-dealkylation sites (N-methyl/N-ethyl adjacent to an activating group) is 1. The Morgan fingerprint density at radius 1 is 1.11 bits per heavy atom. The first-order chi connectivity index (χ1) is 8.52. The fourth-order valence-corrected chi connectivity index (χ4v) is 3.69. The Morgan fingerprint density at radius 2 is 1.72 bits per heavy atom. The summed E-state index contributed by atoms with van der Waals surface area (Å²) >= 11 is 0. The minimum atomic E-state index is -0.101. The van der Waals surface area contributed by atoms with Crippen molar-refractivity contribution in [3.8, 4) is 0 Å². The van der Waals surface area contributed by atoms with Crippen molar-refractivity contribution >= 4 is 0 Å². The van der Waals surface area contributed by atoms with Gasteiger partial charge in [0.1, 0.15) is 0 Å². The molecule has 0 aromatic carbocycles. The van der Waals surface area contributed by atoms with E-state index in [9.17, 15) is 5.11 Å². The second kappa shape index (κ2) is 5.89. The lowest BCUT2D eigenvalue weighted by molar-refractivity contribution is -0.0407. The van der Waals surface area contributed by atoms with Crippen molar-refractivity contribution in [2.45, 2.75) is 70.7 Å². The van der Waals surface area contributed by atoms with Gasteiger partial charge < -0.3 is 5.11 Å². The molecule has 2 fully saturated rings. The lowest BCUT2D eigenvalue weighted by atomic mass is 9.81. The first kappa shape index (κ1) is 14.3. The Hall–Kier alpha value is -0.120. The van der Waals surface area contributed by atoms with Crippen LogP contribution in [-0.4, -0.2) is 59.3 Å². The Bertz CT molecular complexity index is 259. The zero-order valence-electron chi connectivity index (χ0n) is 12.5. The second-order valence-corrected chi connectivity index (χ2v) is 6.54. The largest absolute Gasteiger partial charge is 0.391 e. The fraction of sp³-hybridized carbons (Fsp3) is 1.00. The SMILES string of the molecule is CCC1CCC(O)C(N2CC(C)N(C)C(C)C2)C1. The molecular formula is C15H30N2O. The summed E-state index contributed by atoms with van der Waals surface area (Å²) in [7, 11) is 2.22. The third-order valence-corrected chi connectivity index (χ3v) is 5.32. The van der Waals surface area contributed by atoms with E-state index >= 15 is 0 Å². The molecule has 1 saturated carbocycles. The average molecular weight is 254 g/mol. The van der Waals surface area contributed by atoms with Crippen molar-refractivity contribution in [1.82, 2.24) is 9.80 Å². The first-order valence-electron chi connectivity index (χ1n) is 7.67. The van der Waals surface area contributed by atoms with Gasteiger partial charge in [-0.1, -0.05) is 13.3 Å². The molecule has 0 spiro atoms. The summed E-state index contributed by atoms with van der Waals surface area (Å²) in [6.45, 7) is 9.11. The van der Waals surface area contributed by atoms with Crippen molar-refractivity contribution < 1.29 is 5.11 Å². The van der Waals surface area contributed by atoms with Gasteiger partial charge >= 0.3 is 0 Å². The van der Waals surface area contributed by atoms with Crippen LogP contribution in [0, 0.1) is 5.92 Å². The lowest BCUT2D eigenvalue weighted by Gasteiger charge is -2.48. The third-order valence-electron chi connectivity index (χ3n) is 5.32. The van der Waals surface area contributed by atoms with Gasteiger partial charge in [0.05, 0.1) is 6.10 Å². The molecular weight excluding hydrogens is 224 g/mol. The van der Waals surface area contributed by atoms with Crippen LogP contribution in [0.1, 0.15) is 46.5 Å². The minimum Gasteiger partial charge on any atom is -0.391 e. The van der Waals surface area contributed by atoms with E-state index in [1.165, 1.54) is 19.3 Å². The number of rotatable bonds is 2. The Labute approximate surface area is 112 Å². The molecule has 1 heterocycles. The number of hydrogen-bond acceptors (Lipinski definition) is 3. The van der Waals surface area contributed by atoms with E-state index in [-0.39, 0.29) is 6.10 Å². The van der Waals surface area contributed by atoms with Crippen molar-refractivity contribution in [3.63, 3.8) is 0 Å². The van der Waals surface area contributed by atoms with Crippen LogP contribution in [-0.2, 0) is 0 Å². The Balaban J connectivity index is 2.01. The molecule has 5 atom stereocenters. The molecule has 5 unspecified atom stereocenters. The van der Waals surface area contributed by atoms with Crippen LogP contribution < -0.4 is 0 Å². The van der Waals surface area contributed by atoms with Crippen LogP contribution >= 0.6 is 0 Å². The molecule has 0 radical (unpaired) electrons. The molecule has 1 N–H and O–H groups in total. The van der Waals surface area contributed by atoms with Crippen molar-refractivity contribution in [2.75, 3.05) is 20.1 Å². The van der Waals surface area contributed by atoms with Crippen LogP contribution in [0.25, 0.3) is 0 Å². The monoisotopic (exact) mass is 254 g/mol. The molecule has 1 aliphatic carbocycles. The number of piperazine rings is 1. The van der Waals surface area contributed by atoms with Crippen molar-refractivity contribution in [1.29, 1.82) is 0 Å².